The van der Waals surface area contributed by atoms with Crippen LogP contribution in [0.2, 0.25) is 0 Å². The fourth-order valence-corrected chi connectivity index (χ4v) is 4.15. The minimum absolute atomic E-state index is 0.522. The zero-order valence-corrected chi connectivity index (χ0v) is 13.9. The Hall–Kier alpha value is -1.65. The van der Waals surface area contributed by atoms with Gasteiger partial charge in [0.1, 0.15) is 12.6 Å². The van der Waals surface area contributed by atoms with Gasteiger partial charge in [-0.15, -0.1) is 11.8 Å². The molecule has 0 aromatic heterocycles. The number of hydrogen-bond donors (Lipinski definition) is 1. The van der Waals surface area contributed by atoms with Crippen LogP contribution in [0.4, 0.5) is 0 Å². The zero-order chi connectivity index (χ0) is 15.4. The fourth-order valence-electron chi connectivity index (χ4n) is 3.00. The van der Waals surface area contributed by atoms with Gasteiger partial charge in [-0.25, -0.2) is 0 Å². The summed E-state index contributed by atoms with van der Waals surface area (Å²) in [5.41, 5.74) is 2.64. The Balaban J connectivity index is 1.77. The highest BCUT2D eigenvalue weighted by Gasteiger charge is 2.23. The largest absolute Gasteiger partial charge is 0.493 e. The molecule has 2 aromatic rings. The van der Waals surface area contributed by atoms with Crippen LogP contribution >= 0.6 is 11.8 Å². The number of para-hydroxylation sites is 1. The number of methoxy groups -OCH3 is 2. The Morgan fingerprint density at radius 2 is 1.95 bits per heavy atom. The smallest absolute Gasteiger partial charge is 0.169 e. The second kappa shape index (κ2) is 7.07. The van der Waals surface area contributed by atoms with Crippen molar-refractivity contribution in [2.24, 2.45) is 0 Å². The lowest BCUT2D eigenvalue weighted by Gasteiger charge is -2.23. The summed E-state index contributed by atoms with van der Waals surface area (Å²) in [6.45, 7) is 0.893. The molecule has 116 valence electrons. The van der Waals surface area contributed by atoms with Gasteiger partial charge in [0.05, 0.1) is 19.8 Å². The van der Waals surface area contributed by atoms with Gasteiger partial charge in [-0.05, 0) is 18.2 Å². The molecule has 0 saturated carbocycles. The summed E-state index contributed by atoms with van der Waals surface area (Å²) in [6.07, 6.45) is 1.20. The van der Waals surface area contributed by atoms with Gasteiger partial charge >= 0.3 is 0 Å². The third-order valence-corrected chi connectivity index (χ3v) is 5.23. The van der Waals surface area contributed by atoms with E-state index in [4.69, 9.17) is 9.47 Å². The standard InChI is InChI=1S/C18H21NO2S/c1-20-16-8-5-6-13(18(16)21-2)12-19-15-10-11-22-17-9-4-3-7-14(15)17/h3-9,15,19H,10-12H2,1-2H3/p+1/t15-/m0/s1. The lowest BCUT2D eigenvalue weighted by molar-refractivity contribution is -0.711. The number of hydrogen-bond acceptors (Lipinski definition) is 3. The number of fused-ring (bicyclic) bond motifs is 1. The third-order valence-electron chi connectivity index (χ3n) is 4.11. The molecule has 2 N–H and O–H groups in total. The van der Waals surface area contributed by atoms with Gasteiger partial charge < -0.3 is 14.8 Å². The third kappa shape index (κ3) is 3.08. The van der Waals surface area contributed by atoms with E-state index in [-0.39, 0.29) is 0 Å². The van der Waals surface area contributed by atoms with Crippen molar-refractivity contribution in [3.05, 3.63) is 53.6 Å². The predicted octanol–water partition coefficient (Wildman–Crippen LogP) is 3.00. The molecule has 0 spiro atoms. The summed E-state index contributed by atoms with van der Waals surface area (Å²) in [7, 11) is 3.38. The van der Waals surface area contributed by atoms with E-state index in [2.05, 4.69) is 35.6 Å². The average Bonchev–Trinajstić information content (AvgIpc) is 2.59. The van der Waals surface area contributed by atoms with Crippen LogP contribution in [0.1, 0.15) is 23.6 Å². The highest BCUT2D eigenvalue weighted by Crippen LogP contribution is 2.34. The van der Waals surface area contributed by atoms with Gasteiger partial charge in [0, 0.05) is 22.6 Å². The van der Waals surface area contributed by atoms with E-state index in [0.717, 1.165) is 18.0 Å². The van der Waals surface area contributed by atoms with Gasteiger partial charge in [-0.2, -0.15) is 0 Å². The Labute approximate surface area is 136 Å². The fraction of sp³-hybridized carbons (Fsp3) is 0.333. The van der Waals surface area contributed by atoms with Crippen LogP contribution < -0.4 is 14.8 Å². The maximum Gasteiger partial charge on any atom is 0.169 e. The van der Waals surface area contributed by atoms with Crippen molar-refractivity contribution in [1.82, 2.24) is 0 Å². The molecule has 0 radical (unpaired) electrons. The predicted molar refractivity (Wildman–Crippen MR) is 89.7 cm³/mol. The van der Waals surface area contributed by atoms with Gasteiger partial charge in [-0.3, -0.25) is 0 Å². The molecule has 4 heteroatoms. The second-order valence-corrected chi connectivity index (χ2v) is 6.51. The van der Waals surface area contributed by atoms with Crippen molar-refractivity contribution in [3.63, 3.8) is 0 Å². The number of rotatable bonds is 5. The molecule has 0 unspecified atom stereocenters. The lowest BCUT2D eigenvalue weighted by atomic mass is 10.0. The van der Waals surface area contributed by atoms with Crippen molar-refractivity contribution >= 4 is 11.8 Å². The Kier molecular flexibility index (Phi) is 4.90. The summed E-state index contributed by atoms with van der Waals surface area (Å²) in [6, 6.07) is 15.3. The molecule has 0 fully saturated rings. The Bertz CT molecular complexity index is 645. The van der Waals surface area contributed by atoms with Crippen LogP contribution in [0.15, 0.2) is 47.4 Å². The SMILES string of the molecule is COc1cccc(C[NH2+][C@H]2CCSc3ccccc32)c1OC. The molecule has 2 aromatic carbocycles. The van der Waals surface area contributed by atoms with E-state index >= 15 is 0 Å². The van der Waals surface area contributed by atoms with Crippen LogP contribution in [-0.2, 0) is 6.54 Å². The van der Waals surface area contributed by atoms with Crippen LogP contribution in [0, 0.1) is 0 Å². The van der Waals surface area contributed by atoms with E-state index in [1.165, 1.54) is 28.2 Å². The van der Waals surface area contributed by atoms with Crippen molar-refractivity contribution in [1.29, 1.82) is 0 Å². The molecule has 0 saturated heterocycles. The minimum Gasteiger partial charge on any atom is -0.493 e. The first-order chi connectivity index (χ1) is 10.8. The molecule has 0 aliphatic carbocycles. The van der Waals surface area contributed by atoms with E-state index < -0.39 is 0 Å². The van der Waals surface area contributed by atoms with Crippen molar-refractivity contribution in [2.75, 3.05) is 20.0 Å². The van der Waals surface area contributed by atoms with E-state index in [0.29, 0.717) is 6.04 Å². The number of benzene rings is 2. The quantitative estimate of drug-likeness (QED) is 0.921. The molecule has 3 rings (SSSR count). The molecule has 1 aliphatic rings. The summed E-state index contributed by atoms with van der Waals surface area (Å²) < 4.78 is 10.9. The molecule has 0 amide bonds. The van der Waals surface area contributed by atoms with Crippen molar-refractivity contribution < 1.29 is 14.8 Å². The maximum absolute atomic E-state index is 5.53. The van der Waals surface area contributed by atoms with Crippen LogP contribution in [-0.4, -0.2) is 20.0 Å². The Morgan fingerprint density at radius 3 is 2.77 bits per heavy atom. The minimum atomic E-state index is 0.522. The van der Waals surface area contributed by atoms with Gasteiger partial charge in [0.2, 0.25) is 0 Å². The molecule has 3 nitrogen and oxygen atoms in total. The first-order valence-electron chi connectivity index (χ1n) is 7.58. The number of nitrogens with two attached hydrogens (primary N) is 1. The molecule has 22 heavy (non-hydrogen) atoms. The first kappa shape index (κ1) is 15.3. The number of ether oxygens (including phenoxy) is 2. The van der Waals surface area contributed by atoms with Gasteiger partial charge in [-0.1, -0.05) is 24.3 Å². The molecule has 1 atom stereocenters. The maximum atomic E-state index is 5.53. The summed E-state index contributed by atoms with van der Waals surface area (Å²) in [5, 5.41) is 2.41. The van der Waals surface area contributed by atoms with Gasteiger partial charge in [0.25, 0.3) is 0 Å². The van der Waals surface area contributed by atoms with Crippen LogP contribution in [0.5, 0.6) is 11.5 Å². The van der Waals surface area contributed by atoms with Crippen LogP contribution in [0.3, 0.4) is 0 Å². The summed E-state index contributed by atoms with van der Waals surface area (Å²) in [5.74, 6) is 2.83. The topological polar surface area (TPSA) is 35.1 Å². The monoisotopic (exact) mass is 316 g/mol. The highest BCUT2D eigenvalue weighted by atomic mass is 32.2. The zero-order valence-electron chi connectivity index (χ0n) is 13.0. The second-order valence-electron chi connectivity index (χ2n) is 5.37. The highest BCUT2D eigenvalue weighted by molar-refractivity contribution is 7.99. The van der Waals surface area contributed by atoms with E-state index in [9.17, 15) is 0 Å². The molecule has 1 heterocycles. The lowest BCUT2D eigenvalue weighted by Crippen LogP contribution is -2.84. The van der Waals surface area contributed by atoms with Crippen molar-refractivity contribution in [3.8, 4) is 11.5 Å². The van der Waals surface area contributed by atoms with E-state index in [1.807, 2.05) is 23.9 Å². The molecule has 1 aliphatic heterocycles. The summed E-state index contributed by atoms with van der Waals surface area (Å²) in [4.78, 5) is 1.42. The summed E-state index contributed by atoms with van der Waals surface area (Å²) >= 11 is 1.96. The molecule has 0 bridgehead atoms. The van der Waals surface area contributed by atoms with Crippen molar-refractivity contribution in [2.45, 2.75) is 23.9 Å². The number of quaternary nitrogens is 1. The van der Waals surface area contributed by atoms with Gasteiger partial charge in [0.15, 0.2) is 11.5 Å². The Morgan fingerprint density at radius 1 is 1.09 bits per heavy atom. The number of thioether (sulfide) groups is 1. The normalized spacial score (nSPS) is 16.9. The molecular formula is C18H22NO2S+. The van der Waals surface area contributed by atoms with E-state index in [1.54, 1.807) is 14.2 Å². The van der Waals surface area contributed by atoms with Crippen LogP contribution in [0.25, 0.3) is 0 Å². The average molecular weight is 316 g/mol. The first-order valence-corrected chi connectivity index (χ1v) is 8.57. The molecular weight excluding hydrogens is 294 g/mol.